The molecule has 2 rings (SSSR count). The normalized spacial score (nSPS) is 10.4. The summed E-state index contributed by atoms with van der Waals surface area (Å²) in [5, 5.41) is 2.50. The van der Waals surface area contributed by atoms with E-state index in [2.05, 4.69) is 10.1 Å². The number of rotatable bonds is 9. The molecule has 0 aliphatic rings. The maximum absolute atomic E-state index is 12.7. The molecule has 0 saturated carbocycles. The average Bonchev–Trinajstić information content (AvgIpc) is 2.73. The molecule has 8 nitrogen and oxygen atoms in total. The number of benzene rings is 2. The third kappa shape index (κ3) is 5.28. The smallest absolute Gasteiger partial charge is 0.387 e. The Morgan fingerprint density at radius 1 is 0.967 bits per heavy atom. The quantitative estimate of drug-likeness (QED) is 0.612. The lowest BCUT2D eigenvalue weighted by Crippen LogP contribution is -2.16. The fourth-order valence-corrected chi connectivity index (χ4v) is 2.57. The number of anilines is 1. The first-order chi connectivity index (χ1) is 14.3. The Morgan fingerprint density at radius 3 is 2.23 bits per heavy atom. The van der Waals surface area contributed by atoms with E-state index in [1.54, 1.807) is 13.0 Å². The Labute approximate surface area is 171 Å². The summed E-state index contributed by atoms with van der Waals surface area (Å²) >= 11 is 0. The van der Waals surface area contributed by atoms with Crippen LogP contribution in [-0.2, 0) is 4.74 Å². The van der Waals surface area contributed by atoms with Gasteiger partial charge in [-0.15, -0.1) is 0 Å². The molecule has 10 heteroatoms. The molecule has 30 heavy (non-hydrogen) atoms. The van der Waals surface area contributed by atoms with Gasteiger partial charge in [-0.2, -0.15) is 8.78 Å². The number of carbonyl (C=O) groups excluding carboxylic acids is 2. The van der Waals surface area contributed by atoms with Crippen LogP contribution in [0.2, 0.25) is 0 Å². The highest BCUT2D eigenvalue weighted by Gasteiger charge is 2.22. The molecule has 0 saturated heterocycles. The number of alkyl halides is 2. The topological polar surface area (TPSA) is 92.3 Å². The van der Waals surface area contributed by atoms with Gasteiger partial charge in [0.25, 0.3) is 5.91 Å². The van der Waals surface area contributed by atoms with Crippen molar-refractivity contribution in [2.75, 3.05) is 33.3 Å². The zero-order chi connectivity index (χ0) is 22.3. The Bertz CT molecular complexity index is 918. The number of nitrogens with one attached hydrogen (secondary N) is 1. The predicted octanol–water partition coefficient (Wildman–Crippen LogP) is 3.74. The van der Waals surface area contributed by atoms with Crippen molar-refractivity contribution >= 4 is 17.6 Å². The summed E-state index contributed by atoms with van der Waals surface area (Å²) in [4.78, 5) is 24.9. The van der Waals surface area contributed by atoms with E-state index in [9.17, 15) is 18.4 Å². The summed E-state index contributed by atoms with van der Waals surface area (Å²) in [6.07, 6.45) is 0. The van der Waals surface area contributed by atoms with Crippen molar-refractivity contribution in [3.05, 3.63) is 41.5 Å². The van der Waals surface area contributed by atoms with E-state index < -0.39 is 18.5 Å². The average molecular weight is 425 g/mol. The lowest BCUT2D eigenvalue weighted by molar-refractivity contribution is -0.0511. The lowest BCUT2D eigenvalue weighted by atomic mass is 10.1. The minimum absolute atomic E-state index is 0.0999. The van der Waals surface area contributed by atoms with Crippen LogP contribution in [0.5, 0.6) is 23.0 Å². The van der Waals surface area contributed by atoms with Crippen molar-refractivity contribution < 1.29 is 42.1 Å². The predicted molar refractivity (Wildman–Crippen MR) is 103 cm³/mol. The van der Waals surface area contributed by atoms with Gasteiger partial charge >= 0.3 is 12.6 Å². The zero-order valence-electron chi connectivity index (χ0n) is 16.8. The Kier molecular flexibility index (Phi) is 7.79. The molecule has 1 amide bonds. The zero-order valence-corrected chi connectivity index (χ0v) is 16.8. The molecule has 2 aromatic rings. The van der Waals surface area contributed by atoms with Gasteiger partial charge in [0.1, 0.15) is 0 Å². The Hall–Kier alpha value is -3.56. The number of hydrogen-bond donors (Lipinski definition) is 1. The van der Waals surface area contributed by atoms with E-state index in [4.69, 9.17) is 18.9 Å². The largest absolute Gasteiger partial charge is 0.493 e. The number of halogens is 2. The minimum Gasteiger partial charge on any atom is -0.493 e. The van der Waals surface area contributed by atoms with Crippen LogP contribution in [-0.4, -0.2) is 46.4 Å². The number of amides is 1. The van der Waals surface area contributed by atoms with Crippen LogP contribution in [0.3, 0.4) is 0 Å². The number of carbonyl (C=O) groups is 2. The molecule has 0 aliphatic carbocycles. The first kappa shape index (κ1) is 22.7. The van der Waals surface area contributed by atoms with E-state index in [1.165, 1.54) is 26.4 Å². The number of esters is 1. The highest BCUT2D eigenvalue weighted by Crippen LogP contribution is 2.35. The van der Waals surface area contributed by atoms with Crippen LogP contribution in [0.1, 0.15) is 27.6 Å². The molecular weight excluding hydrogens is 404 g/mol. The molecule has 0 unspecified atom stereocenters. The SMILES string of the molecule is CCOc1cc(C(=O)Nc2cc(OC(F)F)c(OC)cc2C(=O)OC)ccc1OC. The number of methoxy groups -OCH3 is 3. The molecule has 0 radical (unpaired) electrons. The minimum atomic E-state index is -3.14. The highest BCUT2D eigenvalue weighted by molar-refractivity contribution is 6.08. The summed E-state index contributed by atoms with van der Waals surface area (Å²) in [6, 6.07) is 6.67. The van der Waals surface area contributed by atoms with Gasteiger partial charge in [0.15, 0.2) is 23.0 Å². The van der Waals surface area contributed by atoms with Crippen molar-refractivity contribution in [1.82, 2.24) is 0 Å². The molecule has 0 heterocycles. The molecule has 162 valence electrons. The Balaban J connectivity index is 2.45. The monoisotopic (exact) mass is 425 g/mol. The van der Waals surface area contributed by atoms with Crippen LogP contribution in [0, 0.1) is 0 Å². The summed E-state index contributed by atoms with van der Waals surface area (Å²) < 4.78 is 50.2. The summed E-state index contributed by atoms with van der Waals surface area (Å²) in [5.41, 5.74) is -0.0258. The molecule has 0 atom stereocenters. The van der Waals surface area contributed by atoms with Crippen molar-refractivity contribution in [3.63, 3.8) is 0 Å². The summed E-state index contributed by atoms with van der Waals surface area (Å²) in [5.74, 6) is -1.15. The first-order valence-electron chi connectivity index (χ1n) is 8.71. The third-order valence-corrected chi connectivity index (χ3v) is 3.90. The van der Waals surface area contributed by atoms with Crippen LogP contribution in [0.4, 0.5) is 14.5 Å². The van der Waals surface area contributed by atoms with Crippen LogP contribution in [0.25, 0.3) is 0 Å². The van der Waals surface area contributed by atoms with Crippen LogP contribution in [0.15, 0.2) is 30.3 Å². The molecule has 0 bridgehead atoms. The summed E-state index contributed by atoms with van der Waals surface area (Å²) in [7, 11) is 3.82. The molecule has 0 aliphatic heterocycles. The second kappa shape index (κ2) is 10.3. The van der Waals surface area contributed by atoms with E-state index in [0.29, 0.717) is 18.1 Å². The Morgan fingerprint density at radius 2 is 1.67 bits per heavy atom. The standard InChI is InChI=1S/C20H21F2NO7/c1-5-29-16-8-11(6-7-14(16)26-2)18(24)23-13-10-17(30-20(21)22)15(27-3)9-12(13)19(25)28-4/h6-10,20H,5H2,1-4H3,(H,23,24). The number of ether oxygens (including phenoxy) is 5. The van der Waals surface area contributed by atoms with Gasteiger partial charge in [0.2, 0.25) is 0 Å². The van der Waals surface area contributed by atoms with Gasteiger partial charge in [-0.25, -0.2) is 4.79 Å². The van der Waals surface area contributed by atoms with E-state index >= 15 is 0 Å². The molecule has 0 fully saturated rings. The second-order valence-corrected chi connectivity index (χ2v) is 5.67. The van der Waals surface area contributed by atoms with Crippen molar-refractivity contribution in [2.24, 2.45) is 0 Å². The van der Waals surface area contributed by atoms with Gasteiger partial charge < -0.3 is 29.0 Å². The van der Waals surface area contributed by atoms with E-state index in [-0.39, 0.29) is 28.3 Å². The maximum Gasteiger partial charge on any atom is 0.387 e. The van der Waals surface area contributed by atoms with Crippen molar-refractivity contribution in [1.29, 1.82) is 0 Å². The molecule has 0 aromatic heterocycles. The molecule has 2 aromatic carbocycles. The summed E-state index contributed by atoms with van der Waals surface area (Å²) in [6.45, 7) is -1.01. The van der Waals surface area contributed by atoms with Crippen molar-refractivity contribution in [3.8, 4) is 23.0 Å². The van der Waals surface area contributed by atoms with Gasteiger partial charge in [0.05, 0.1) is 39.2 Å². The third-order valence-electron chi connectivity index (χ3n) is 3.90. The maximum atomic E-state index is 12.7. The number of hydrogen-bond acceptors (Lipinski definition) is 7. The van der Waals surface area contributed by atoms with E-state index in [0.717, 1.165) is 19.2 Å². The fraction of sp³-hybridized carbons (Fsp3) is 0.300. The lowest BCUT2D eigenvalue weighted by Gasteiger charge is -2.16. The molecule has 0 spiro atoms. The molecular formula is C20H21F2NO7. The fourth-order valence-electron chi connectivity index (χ4n) is 2.57. The van der Waals surface area contributed by atoms with Gasteiger partial charge in [-0.1, -0.05) is 0 Å². The van der Waals surface area contributed by atoms with Gasteiger partial charge in [0, 0.05) is 17.7 Å². The highest BCUT2D eigenvalue weighted by atomic mass is 19.3. The van der Waals surface area contributed by atoms with Crippen LogP contribution < -0.4 is 24.3 Å². The van der Waals surface area contributed by atoms with Crippen molar-refractivity contribution in [2.45, 2.75) is 13.5 Å². The molecule has 1 N–H and O–H groups in total. The van der Waals surface area contributed by atoms with Gasteiger partial charge in [-0.3, -0.25) is 4.79 Å². The van der Waals surface area contributed by atoms with Crippen LogP contribution >= 0.6 is 0 Å². The second-order valence-electron chi connectivity index (χ2n) is 5.67. The van der Waals surface area contributed by atoms with E-state index in [1.807, 2.05) is 0 Å². The first-order valence-corrected chi connectivity index (χ1v) is 8.71. The van der Waals surface area contributed by atoms with Gasteiger partial charge in [-0.05, 0) is 25.1 Å².